The molecule has 1 amide bonds. The number of hydrogen-bond donors (Lipinski definition) is 2. The zero-order valence-corrected chi connectivity index (χ0v) is 9.51. The maximum atomic E-state index is 11.5. The molecule has 0 atom stereocenters. The SMILES string of the molecule is CN1C(=N)NC(=O)/C1=C/c1cccc([N+](=O)[O-])c1. The molecule has 1 fully saturated rings. The minimum absolute atomic E-state index is 0.0170. The monoisotopic (exact) mass is 246 g/mol. The van der Waals surface area contributed by atoms with Gasteiger partial charge in [0.2, 0.25) is 5.96 Å². The topological polar surface area (TPSA) is 99.3 Å². The van der Waals surface area contributed by atoms with Gasteiger partial charge in [-0.3, -0.25) is 25.6 Å². The van der Waals surface area contributed by atoms with Gasteiger partial charge in [0, 0.05) is 19.2 Å². The van der Waals surface area contributed by atoms with Crippen LogP contribution >= 0.6 is 0 Å². The number of carbonyl (C=O) groups is 1. The Kier molecular flexibility index (Phi) is 2.80. The fourth-order valence-corrected chi connectivity index (χ4v) is 1.58. The number of amides is 1. The first kappa shape index (κ1) is 11.8. The van der Waals surface area contributed by atoms with Gasteiger partial charge in [-0.25, -0.2) is 0 Å². The average Bonchev–Trinajstić information content (AvgIpc) is 2.56. The van der Waals surface area contributed by atoms with Crippen LogP contribution in [0.4, 0.5) is 5.69 Å². The summed E-state index contributed by atoms with van der Waals surface area (Å²) in [6.45, 7) is 0. The molecule has 2 N–H and O–H groups in total. The largest absolute Gasteiger partial charge is 0.311 e. The van der Waals surface area contributed by atoms with E-state index in [0.717, 1.165) is 0 Å². The average molecular weight is 246 g/mol. The fourth-order valence-electron chi connectivity index (χ4n) is 1.58. The first-order valence-corrected chi connectivity index (χ1v) is 5.09. The third-order valence-corrected chi connectivity index (χ3v) is 2.55. The van der Waals surface area contributed by atoms with Gasteiger partial charge in [-0.2, -0.15) is 0 Å². The summed E-state index contributed by atoms with van der Waals surface area (Å²) < 4.78 is 0. The quantitative estimate of drug-likeness (QED) is 0.460. The number of nitro groups is 1. The molecule has 1 aliphatic rings. The molecular formula is C11H10N4O3. The molecule has 18 heavy (non-hydrogen) atoms. The van der Waals surface area contributed by atoms with Crippen molar-refractivity contribution in [1.29, 1.82) is 5.41 Å². The minimum Gasteiger partial charge on any atom is -0.311 e. The Morgan fingerprint density at radius 3 is 2.78 bits per heavy atom. The number of likely N-dealkylation sites (N-methyl/N-ethyl adjacent to an activating group) is 1. The molecule has 1 aromatic carbocycles. The molecular weight excluding hydrogens is 236 g/mol. The molecule has 0 aliphatic carbocycles. The normalized spacial score (nSPS) is 17.2. The van der Waals surface area contributed by atoms with E-state index in [1.54, 1.807) is 19.2 Å². The smallest absolute Gasteiger partial charge is 0.274 e. The fraction of sp³-hybridized carbons (Fsp3) is 0.0909. The van der Waals surface area contributed by atoms with Crippen molar-refractivity contribution in [3.63, 3.8) is 0 Å². The Balaban J connectivity index is 2.39. The lowest BCUT2D eigenvalue weighted by molar-refractivity contribution is -0.384. The van der Waals surface area contributed by atoms with Crippen LogP contribution in [0.5, 0.6) is 0 Å². The zero-order valence-electron chi connectivity index (χ0n) is 9.51. The summed E-state index contributed by atoms with van der Waals surface area (Å²) in [5.74, 6) is -0.411. The lowest BCUT2D eigenvalue weighted by Crippen LogP contribution is -2.25. The number of nitrogens with one attached hydrogen (secondary N) is 2. The number of benzene rings is 1. The summed E-state index contributed by atoms with van der Waals surface area (Å²) in [7, 11) is 1.57. The molecule has 1 aliphatic heterocycles. The van der Waals surface area contributed by atoms with Crippen molar-refractivity contribution in [2.45, 2.75) is 0 Å². The third kappa shape index (κ3) is 2.05. The van der Waals surface area contributed by atoms with E-state index in [4.69, 9.17) is 5.41 Å². The van der Waals surface area contributed by atoms with Crippen LogP contribution in [0, 0.1) is 15.5 Å². The van der Waals surface area contributed by atoms with Crippen molar-refractivity contribution in [2.24, 2.45) is 0 Å². The molecule has 0 unspecified atom stereocenters. The van der Waals surface area contributed by atoms with Gasteiger partial charge in [-0.15, -0.1) is 0 Å². The first-order valence-electron chi connectivity index (χ1n) is 5.09. The number of hydrogen-bond acceptors (Lipinski definition) is 4. The summed E-state index contributed by atoms with van der Waals surface area (Å²) in [6, 6.07) is 5.95. The van der Waals surface area contributed by atoms with Gasteiger partial charge in [-0.05, 0) is 11.6 Å². The van der Waals surface area contributed by atoms with Gasteiger partial charge in [-0.1, -0.05) is 12.1 Å². The van der Waals surface area contributed by atoms with E-state index in [2.05, 4.69) is 5.32 Å². The second kappa shape index (κ2) is 4.28. The molecule has 0 bridgehead atoms. The summed E-state index contributed by atoms with van der Waals surface area (Å²) in [6.07, 6.45) is 1.50. The molecule has 1 aromatic rings. The second-order valence-electron chi connectivity index (χ2n) is 3.74. The molecule has 1 saturated heterocycles. The summed E-state index contributed by atoms with van der Waals surface area (Å²) in [4.78, 5) is 23.0. The number of nitro benzene ring substituents is 1. The molecule has 0 spiro atoms. The Bertz CT molecular complexity index is 579. The van der Waals surface area contributed by atoms with Gasteiger partial charge >= 0.3 is 0 Å². The number of carbonyl (C=O) groups excluding carboxylic acids is 1. The molecule has 2 rings (SSSR count). The number of rotatable bonds is 2. The van der Waals surface area contributed by atoms with E-state index in [9.17, 15) is 14.9 Å². The van der Waals surface area contributed by atoms with Crippen molar-refractivity contribution in [2.75, 3.05) is 7.05 Å². The van der Waals surface area contributed by atoms with Crippen LogP contribution in [0.15, 0.2) is 30.0 Å². The maximum absolute atomic E-state index is 11.5. The third-order valence-electron chi connectivity index (χ3n) is 2.55. The van der Waals surface area contributed by atoms with Crippen LogP contribution in [-0.4, -0.2) is 28.7 Å². The molecule has 0 aromatic heterocycles. The number of guanidine groups is 1. The Hall–Kier alpha value is -2.70. The van der Waals surface area contributed by atoms with Crippen LogP contribution in [0.25, 0.3) is 6.08 Å². The van der Waals surface area contributed by atoms with Crippen LogP contribution in [0.2, 0.25) is 0 Å². The number of non-ortho nitro benzene ring substituents is 1. The lowest BCUT2D eigenvalue weighted by atomic mass is 10.1. The van der Waals surface area contributed by atoms with Crippen LogP contribution in [0.1, 0.15) is 5.56 Å². The van der Waals surface area contributed by atoms with E-state index in [-0.39, 0.29) is 17.3 Å². The molecule has 7 nitrogen and oxygen atoms in total. The zero-order chi connectivity index (χ0) is 13.3. The standard InChI is InChI=1S/C11H10N4O3/c1-14-9(10(16)13-11(14)12)6-7-3-2-4-8(5-7)15(17)18/h2-6H,1H3,(H2,12,13,16)/b9-6-. The van der Waals surface area contributed by atoms with E-state index in [1.807, 2.05) is 0 Å². The Morgan fingerprint density at radius 1 is 1.50 bits per heavy atom. The minimum atomic E-state index is -0.498. The van der Waals surface area contributed by atoms with E-state index < -0.39 is 10.8 Å². The summed E-state index contributed by atoms with van der Waals surface area (Å²) in [5.41, 5.74) is 0.775. The van der Waals surface area contributed by atoms with Crippen LogP contribution in [0.3, 0.4) is 0 Å². The van der Waals surface area contributed by atoms with Crippen molar-refractivity contribution in [1.82, 2.24) is 10.2 Å². The predicted octanol–water partition coefficient (Wildman–Crippen LogP) is 0.932. The maximum Gasteiger partial charge on any atom is 0.274 e. The molecule has 92 valence electrons. The van der Waals surface area contributed by atoms with E-state index in [1.165, 1.54) is 23.1 Å². The highest BCUT2D eigenvalue weighted by molar-refractivity contribution is 6.14. The van der Waals surface area contributed by atoms with Crippen molar-refractivity contribution >= 4 is 23.6 Å². The molecule has 0 saturated carbocycles. The van der Waals surface area contributed by atoms with Gasteiger partial charge in [0.15, 0.2) is 0 Å². The first-order chi connectivity index (χ1) is 8.49. The molecule has 0 radical (unpaired) electrons. The number of nitrogens with zero attached hydrogens (tertiary/aromatic N) is 2. The van der Waals surface area contributed by atoms with Gasteiger partial charge in [0.25, 0.3) is 11.6 Å². The van der Waals surface area contributed by atoms with Crippen molar-refractivity contribution in [3.05, 3.63) is 45.6 Å². The highest BCUT2D eigenvalue weighted by atomic mass is 16.6. The predicted molar refractivity (Wildman–Crippen MR) is 64.7 cm³/mol. The summed E-state index contributed by atoms with van der Waals surface area (Å²) >= 11 is 0. The summed E-state index contributed by atoms with van der Waals surface area (Å²) in [5, 5.41) is 20.4. The van der Waals surface area contributed by atoms with Gasteiger partial charge in [0.05, 0.1) is 4.92 Å². The Labute approximate surface area is 102 Å². The highest BCUT2D eigenvalue weighted by Gasteiger charge is 2.26. The van der Waals surface area contributed by atoms with Crippen molar-refractivity contribution in [3.8, 4) is 0 Å². The van der Waals surface area contributed by atoms with Gasteiger partial charge < -0.3 is 4.90 Å². The van der Waals surface area contributed by atoms with Crippen LogP contribution in [-0.2, 0) is 4.79 Å². The van der Waals surface area contributed by atoms with Crippen LogP contribution < -0.4 is 5.32 Å². The van der Waals surface area contributed by atoms with E-state index in [0.29, 0.717) is 5.56 Å². The Morgan fingerprint density at radius 2 is 2.22 bits per heavy atom. The molecule has 1 heterocycles. The van der Waals surface area contributed by atoms with E-state index >= 15 is 0 Å². The molecule has 7 heteroatoms. The van der Waals surface area contributed by atoms with Crippen molar-refractivity contribution < 1.29 is 9.72 Å². The second-order valence-corrected chi connectivity index (χ2v) is 3.74. The lowest BCUT2D eigenvalue weighted by Gasteiger charge is -2.08. The highest BCUT2D eigenvalue weighted by Crippen LogP contribution is 2.18. The van der Waals surface area contributed by atoms with Gasteiger partial charge in [0.1, 0.15) is 5.70 Å².